The Hall–Kier alpha value is -0.413. The third kappa shape index (κ3) is 2.44. The number of ketones is 1. The molecular formula is C25H42O2Si. The van der Waals surface area contributed by atoms with Crippen LogP contribution in [0.25, 0.3) is 0 Å². The molecule has 0 aromatic rings. The van der Waals surface area contributed by atoms with Crippen LogP contribution in [0, 0.1) is 28.1 Å². The molecule has 0 heterocycles. The number of hydrogen-bond acceptors (Lipinski definition) is 2. The van der Waals surface area contributed by atoms with Crippen molar-refractivity contribution in [2.45, 2.75) is 111 Å². The monoisotopic (exact) mass is 402 g/mol. The summed E-state index contributed by atoms with van der Waals surface area (Å²) in [5.74, 6) is 1.62. The second-order valence-electron chi connectivity index (χ2n) is 13.0. The predicted molar refractivity (Wildman–Crippen MR) is 119 cm³/mol. The lowest BCUT2D eigenvalue weighted by Gasteiger charge is -2.61. The molecule has 0 unspecified atom stereocenters. The second-order valence-corrected chi connectivity index (χ2v) is 17.7. The van der Waals surface area contributed by atoms with Gasteiger partial charge in [0.15, 0.2) is 14.1 Å². The van der Waals surface area contributed by atoms with E-state index in [1.807, 2.05) is 6.92 Å². The van der Waals surface area contributed by atoms with Crippen molar-refractivity contribution in [3.63, 3.8) is 0 Å². The van der Waals surface area contributed by atoms with Crippen LogP contribution in [0.5, 0.6) is 0 Å². The average molecular weight is 403 g/mol. The molecule has 0 amide bonds. The second kappa shape index (κ2) is 5.63. The van der Waals surface area contributed by atoms with Gasteiger partial charge in [-0.15, -0.1) is 0 Å². The molecule has 6 atom stereocenters. The first-order valence-electron chi connectivity index (χ1n) is 11.5. The summed E-state index contributed by atoms with van der Waals surface area (Å²) >= 11 is 0. The molecule has 3 heteroatoms. The molecule has 3 saturated carbocycles. The number of fused-ring (bicyclic) bond motifs is 5. The fourth-order valence-corrected chi connectivity index (χ4v) is 9.32. The zero-order valence-electron chi connectivity index (χ0n) is 19.8. The first-order valence-corrected chi connectivity index (χ1v) is 14.5. The van der Waals surface area contributed by atoms with Gasteiger partial charge in [-0.05, 0) is 86.4 Å². The van der Waals surface area contributed by atoms with Crippen LogP contribution in [0.15, 0.2) is 11.6 Å². The molecule has 4 aliphatic rings. The molecule has 28 heavy (non-hydrogen) atoms. The Balaban J connectivity index is 1.66. The summed E-state index contributed by atoms with van der Waals surface area (Å²) in [5, 5.41) is 0.259. The van der Waals surface area contributed by atoms with Gasteiger partial charge in [-0.1, -0.05) is 47.6 Å². The minimum Gasteiger partial charge on any atom is -0.411 e. The van der Waals surface area contributed by atoms with E-state index in [-0.39, 0.29) is 21.5 Å². The summed E-state index contributed by atoms with van der Waals surface area (Å²) in [6, 6.07) is 0. The molecule has 3 fully saturated rings. The Bertz CT molecular complexity index is 746. The van der Waals surface area contributed by atoms with Crippen LogP contribution in [0.4, 0.5) is 0 Å². The average Bonchev–Trinajstić information content (AvgIpc) is 3.15. The Morgan fingerprint density at radius 1 is 1.07 bits per heavy atom. The van der Waals surface area contributed by atoms with Crippen LogP contribution < -0.4 is 0 Å². The number of Topliss-reactive ketones (excluding diaryl/α,β-unsaturated/α-hetero) is 1. The van der Waals surface area contributed by atoms with E-state index in [1.54, 1.807) is 0 Å². The van der Waals surface area contributed by atoms with Crippen LogP contribution in [0.2, 0.25) is 18.1 Å². The van der Waals surface area contributed by atoms with Crippen molar-refractivity contribution in [3.05, 3.63) is 11.6 Å². The van der Waals surface area contributed by atoms with Gasteiger partial charge in [0.2, 0.25) is 0 Å². The van der Waals surface area contributed by atoms with Crippen molar-refractivity contribution in [1.29, 1.82) is 0 Å². The summed E-state index contributed by atoms with van der Waals surface area (Å²) in [5.41, 5.74) is 1.54. The largest absolute Gasteiger partial charge is 0.411 e. The zero-order chi connectivity index (χ0) is 21.0. The fraction of sp³-hybridized carbons (Fsp3) is 0.880. The lowest BCUT2D eigenvalue weighted by Crippen LogP contribution is -2.59. The number of hydrogen-bond donors (Lipinski definition) is 0. The van der Waals surface area contributed by atoms with E-state index in [0.29, 0.717) is 23.0 Å². The normalized spacial score (nSPS) is 48.3. The predicted octanol–water partition coefficient (Wildman–Crippen LogP) is 6.91. The zero-order valence-corrected chi connectivity index (χ0v) is 20.8. The lowest BCUT2D eigenvalue weighted by molar-refractivity contribution is -0.155. The first kappa shape index (κ1) is 20.8. The third-order valence-electron chi connectivity index (χ3n) is 10.5. The van der Waals surface area contributed by atoms with E-state index in [2.05, 4.69) is 60.7 Å². The molecule has 4 aliphatic carbocycles. The molecule has 0 bridgehead atoms. The van der Waals surface area contributed by atoms with Crippen LogP contribution in [0.1, 0.15) is 87.0 Å². The quantitative estimate of drug-likeness (QED) is 0.469. The topological polar surface area (TPSA) is 26.3 Å². The van der Waals surface area contributed by atoms with Crippen LogP contribution in [-0.2, 0) is 9.22 Å². The van der Waals surface area contributed by atoms with Crippen LogP contribution in [-0.4, -0.2) is 19.7 Å². The smallest absolute Gasteiger partial charge is 0.192 e. The van der Waals surface area contributed by atoms with E-state index in [9.17, 15) is 4.79 Å². The maximum atomic E-state index is 13.1. The Morgan fingerprint density at radius 3 is 2.32 bits per heavy atom. The number of carbonyl (C=O) groups is 1. The van der Waals surface area contributed by atoms with Crippen molar-refractivity contribution in [2.24, 2.45) is 28.1 Å². The van der Waals surface area contributed by atoms with E-state index in [0.717, 1.165) is 18.4 Å². The molecule has 0 spiro atoms. The summed E-state index contributed by atoms with van der Waals surface area (Å²) in [6.45, 7) is 21.3. The van der Waals surface area contributed by atoms with E-state index in [4.69, 9.17) is 4.43 Å². The Kier molecular flexibility index (Phi) is 4.19. The van der Waals surface area contributed by atoms with Gasteiger partial charge < -0.3 is 4.43 Å². The standard InChI is InChI=1S/C25H42O2Si/c1-17-10-11-18-22(5)14-15-25(27-28(8,9)21(2,3)4)16-24(25,7)19(22)12-13-23(18,6)20(17)26/h10,18-19H,11-16H2,1-9H3/t18-,19-,22-,23-,24+,25-/m1/s1. The van der Waals surface area contributed by atoms with Gasteiger partial charge in [-0.3, -0.25) is 4.79 Å². The molecule has 0 radical (unpaired) electrons. The molecule has 4 rings (SSSR count). The number of rotatable bonds is 2. The van der Waals surface area contributed by atoms with Crippen molar-refractivity contribution in [1.82, 2.24) is 0 Å². The van der Waals surface area contributed by atoms with E-state index < -0.39 is 8.32 Å². The maximum absolute atomic E-state index is 13.1. The highest BCUT2D eigenvalue weighted by molar-refractivity contribution is 6.74. The lowest BCUT2D eigenvalue weighted by atomic mass is 9.43. The Labute approximate surface area is 174 Å². The van der Waals surface area contributed by atoms with Gasteiger partial charge in [0.05, 0.1) is 5.60 Å². The van der Waals surface area contributed by atoms with E-state index in [1.165, 1.54) is 25.7 Å². The first-order chi connectivity index (χ1) is 12.6. The molecule has 0 aromatic carbocycles. The van der Waals surface area contributed by atoms with Crippen LogP contribution in [0.3, 0.4) is 0 Å². The SMILES string of the molecule is CC1=CC[C@@H]2[C@@]3(C)CC[C@@]4(O[Si](C)(C)C(C)(C)C)C[C@@]4(C)[C@@H]3CC[C@@]2(C)C1=O. The maximum Gasteiger partial charge on any atom is 0.192 e. The molecule has 0 aromatic heterocycles. The van der Waals surface area contributed by atoms with Gasteiger partial charge in [-0.25, -0.2) is 0 Å². The minimum absolute atomic E-state index is 0.109. The molecular weight excluding hydrogens is 360 g/mol. The van der Waals surface area contributed by atoms with Crippen molar-refractivity contribution in [3.8, 4) is 0 Å². The van der Waals surface area contributed by atoms with Crippen molar-refractivity contribution in [2.75, 3.05) is 0 Å². The summed E-state index contributed by atoms with van der Waals surface area (Å²) in [4.78, 5) is 13.1. The van der Waals surface area contributed by atoms with Crippen molar-refractivity contribution < 1.29 is 9.22 Å². The summed E-state index contributed by atoms with van der Waals surface area (Å²) in [7, 11) is -1.78. The van der Waals surface area contributed by atoms with Gasteiger partial charge in [0.25, 0.3) is 0 Å². The van der Waals surface area contributed by atoms with Crippen molar-refractivity contribution >= 4 is 14.1 Å². The molecule has 0 saturated heterocycles. The van der Waals surface area contributed by atoms with Gasteiger partial charge >= 0.3 is 0 Å². The third-order valence-corrected chi connectivity index (χ3v) is 15.0. The number of carbonyl (C=O) groups excluding carboxylic acids is 1. The Morgan fingerprint density at radius 2 is 1.71 bits per heavy atom. The molecule has 158 valence electrons. The fourth-order valence-electron chi connectivity index (χ4n) is 7.63. The highest BCUT2D eigenvalue weighted by Gasteiger charge is 2.77. The summed E-state index contributed by atoms with van der Waals surface area (Å²) in [6.07, 6.45) is 9.24. The summed E-state index contributed by atoms with van der Waals surface area (Å²) < 4.78 is 7.16. The number of allylic oxidation sites excluding steroid dienone is 2. The molecule has 0 N–H and O–H groups in total. The van der Waals surface area contributed by atoms with Gasteiger partial charge in [0.1, 0.15) is 0 Å². The van der Waals surface area contributed by atoms with Gasteiger partial charge in [-0.2, -0.15) is 0 Å². The molecule has 0 aliphatic heterocycles. The van der Waals surface area contributed by atoms with Crippen LogP contribution >= 0.6 is 0 Å². The highest BCUT2D eigenvalue weighted by atomic mass is 28.4. The van der Waals surface area contributed by atoms with E-state index >= 15 is 0 Å². The minimum atomic E-state index is -1.78. The highest BCUT2D eigenvalue weighted by Crippen LogP contribution is 2.78. The van der Waals surface area contributed by atoms with Gasteiger partial charge in [0, 0.05) is 10.8 Å². The molecule has 2 nitrogen and oxygen atoms in total.